The van der Waals surface area contributed by atoms with Gasteiger partial charge in [-0.15, -0.1) is 11.3 Å². The van der Waals surface area contributed by atoms with Crippen LogP contribution in [-0.2, 0) is 4.74 Å². The van der Waals surface area contributed by atoms with Crippen LogP contribution in [0.2, 0.25) is 0 Å². The fraction of sp³-hybridized carbons (Fsp3) is 0.571. The van der Waals surface area contributed by atoms with Gasteiger partial charge in [-0.05, 0) is 18.3 Å². The maximum Gasteiger partial charge on any atom is 0.343 e. The van der Waals surface area contributed by atoms with Crippen LogP contribution in [0.1, 0.15) is 46.7 Å². The van der Waals surface area contributed by atoms with E-state index in [0.717, 1.165) is 25.9 Å². The highest BCUT2D eigenvalue weighted by atomic mass is 32.1. The number of nitrogens with two attached hydrogens (primary N) is 2. The molecular weight excluding hydrogens is 290 g/mol. The van der Waals surface area contributed by atoms with E-state index in [2.05, 4.69) is 18.7 Å². The molecule has 4 N–H and O–H groups in total. The number of ether oxygens (including phenoxy) is 1. The van der Waals surface area contributed by atoms with Crippen LogP contribution < -0.4 is 16.4 Å². The van der Waals surface area contributed by atoms with Crippen LogP contribution in [0.3, 0.4) is 0 Å². The molecule has 1 aromatic heterocycles. The van der Waals surface area contributed by atoms with Crippen LogP contribution in [0.5, 0.6) is 0 Å². The number of nitrogens with zero attached hydrogens (tertiary/aromatic N) is 1. The number of nitrogen functional groups attached to an aromatic ring is 1. The van der Waals surface area contributed by atoms with E-state index in [1.807, 2.05) is 0 Å². The number of primary amides is 1. The third kappa shape index (κ3) is 2.97. The van der Waals surface area contributed by atoms with Gasteiger partial charge in [-0.1, -0.05) is 13.8 Å². The molecule has 7 heteroatoms. The average Bonchev–Trinajstić information content (AvgIpc) is 2.75. The van der Waals surface area contributed by atoms with Gasteiger partial charge in [0.25, 0.3) is 5.91 Å². The van der Waals surface area contributed by atoms with Crippen molar-refractivity contribution in [3.05, 3.63) is 10.4 Å². The molecular formula is C14H21N3O3S. The largest absolute Gasteiger partial charge is 0.465 e. The Morgan fingerprint density at radius 3 is 2.33 bits per heavy atom. The van der Waals surface area contributed by atoms with Crippen molar-refractivity contribution in [1.29, 1.82) is 0 Å². The Bertz CT molecular complexity index is 570. The van der Waals surface area contributed by atoms with E-state index in [9.17, 15) is 9.59 Å². The van der Waals surface area contributed by atoms with Crippen molar-refractivity contribution in [3.8, 4) is 0 Å². The highest BCUT2D eigenvalue weighted by Gasteiger charge is 2.32. The summed E-state index contributed by atoms with van der Waals surface area (Å²) >= 11 is 1.17. The summed E-state index contributed by atoms with van der Waals surface area (Å²) in [6.45, 7) is 6.08. The van der Waals surface area contributed by atoms with Gasteiger partial charge in [0.15, 0.2) is 0 Å². The minimum atomic E-state index is -0.619. The summed E-state index contributed by atoms with van der Waals surface area (Å²) in [5.74, 6) is -1.15. The molecule has 1 aliphatic rings. The predicted molar refractivity (Wildman–Crippen MR) is 83.8 cm³/mol. The molecule has 1 aromatic rings. The average molecular weight is 311 g/mol. The maximum atomic E-state index is 12.0. The first-order valence-electron chi connectivity index (χ1n) is 6.82. The lowest BCUT2D eigenvalue weighted by Gasteiger charge is -2.37. The minimum absolute atomic E-state index is 0.124. The molecule has 6 nitrogen and oxygen atoms in total. The Hall–Kier alpha value is -1.76. The fourth-order valence-corrected chi connectivity index (χ4v) is 3.56. The molecule has 0 unspecified atom stereocenters. The lowest BCUT2D eigenvalue weighted by molar-refractivity contribution is 0.0603. The highest BCUT2D eigenvalue weighted by molar-refractivity contribution is 7.19. The van der Waals surface area contributed by atoms with E-state index in [-0.39, 0.29) is 21.5 Å². The Kier molecular flexibility index (Phi) is 4.13. The van der Waals surface area contributed by atoms with Gasteiger partial charge in [0, 0.05) is 13.1 Å². The summed E-state index contributed by atoms with van der Waals surface area (Å²) in [4.78, 5) is 25.8. The van der Waals surface area contributed by atoms with Gasteiger partial charge in [0.05, 0.1) is 12.8 Å². The van der Waals surface area contributed by atoms with Gasteiger partial charge in [-0.25, -0.2) is 4.79 Å². The summed E-state index contributed by atoms with van der Waals surface area (Å²) in [5.41, 5.74) is 11.9. The van der Waals surface area contributed by atoms with E-state index in [1.54, 1.807) is 0 Å². The van der Waals surface area contributed by atoms with E-state index in [4.69, 9.17) is 16.2 Å². The van der Waals surface area contributed by atoms with Crippen LogP contribution in [0, 0.1) is 5.41 Å². The van der Waals surface area contributed by atoms with Gasteiger partial charge >= 0.3 is 5.97 Å². The molecule has 1 amide bonds. The van der Waals surface area contributed by atoms with Crippen molar-refractivity contribution in [1.82, 2.24) is 0 Å². The molecule has 0 aromatic carbocycles. The SMILES string of the molecule is COC(=O)c1c(N2CCC(C)(C)CC2)sc(C(N)=O)c1N. The topological polar surface area (TPSA) is 98.6 Å². The Balaban J connectivity index is 2.41. The molecule has 1 aliphatic heterocycles. The van der Waals surface area contributed by atoms with Crippen molar-refractivity contribution in [2.45, 2.75) is 26.7 Å². The molecule has 1 fully saturated rings. The second kappa shape index (κ2) is 5.55. The summed E-state index contributed by atoms with van der Waals surface area (Å²) in [5, 5.41) is 0.684. The maximum absolute atomic E-state index is 12.0. The molecule has 21 heavy (non-hydrogen) atoms. The van der Waals surface area contributed by atoms with Crippen LogP contribution in [0.25, 0.3) is 0 Å². The summed E-state index contributed by atoms with van der Waals surface area (Å²) in [6, 6.07) is 0. The first-order valence-corrected chi connectivity index (χ1v) is 7.64. The minimum Gasteiger partial charge on any atom is -0.465 e. The van der Waals surface area contributed by atoms with Gasteiger partial charge in [0.2, 0.25) is 0 Å². The van der Waals surface area contributed by atoms with E-state index in [1.165, 1.54) is 18.4 Å². The van der Waals surface area contributed by atoms with Crippen molar-refractivity contribution in [2.24, 2.45) is 11.1 Å². The number of hydrogen-bond acceptors (Lipinski definition) is 6. The number of hydrogen-bond donors (Lipinski definition) is 2. The number of esters is 1. The number of carbonyl (C=O) groups excluding carboxylic acids is 2. The zero-order valence-corrected chi connectivity index (χ0v) is 13.4. The number of rotatable bonds is 3. The number of methoxy groups -OCH3 is 1. The normalized spacial score (nSPS) is 17.6. The molecule has 2 rings (SSSR count). The number of piperidine rings is 1. The summed E-state index contributed by atoms with van der Waals surface area (Å²) in [7, 11) is 1.30. The molecule has 0 spiro atoms. The monoisotopic (exact) mass is 311 g/mol. The molecule has 116 valence electrons. The van der Waals surface area contributed by atoms with Gasteiger partial charge in [-0.2, -0.15) is 0 Å². The number of carbonyl (C=O) groups is 2. The third-order valence-electron chi connectivity index (χ3n) is 3.94. The van der Waals surface area contributed by atoms with Crippen LogP contribution in [0.4, 0.5) is 10.7 Å². The lowest BCUT2D eigenvalue weighted by atomic mass is 9.83. The first-order chi connectivity index (χ1) is 9.76. The predicted octanol–water partition coefficient (Wildman–Crippen LogP) is 1.84. The highest BCUT2D eigenvalue weighted by Crippen LogP contribution is 2.41. The summed E-state index contributed by atoms with van der Waals surface area (Å²) in [6.07, 6.45) is 2.02. The van der Waals surface area contributed by atoms with E-state index in [0.29, 0.717) is 5.00 Å². The molecule has 1 saturated heterocycles. The van der Waals surface area contributed by atoms with Gasteiger partial charge in [0.1, 0.15) is 15.4 Å². The molecule has 0 saturated carbocycles. The quantitative estimate of drug-likeness (QED) is 0.830. The first kappa shape index (κ1) is 15.6. The standard InChI is InChI=1S/C14H21N3O3S/c1-14(2)4-6-17(7-5-14)12-8(13(19)20-3)9(15)10(21-12)11(16)18/h4-7,15H2,1-3H3,(H2,16,18). The molecule has 0 bridgehead atoms. The smallest absolute Gasteiger partial charge is 0.343 e. The lowest BCUT2D eigenvalue weighted by Crippen LogP contribution is -2.37. The van der Waals surface area contributed by atoms with Gasteiger partial charge < -0.3 is 21.1 Å². The second-order valence-corrected chi connectivity index (χ2v) is 7.03. The Morgan fingerprint density at radius 1 is 1.29 bits per heavy atom. The van der Waals surface area contributed by atoms with Crippen LogP contribution in [0.15, 0.2) is 0 Å². The molecule has 0 radical (unpaired) electrons. The molecule has 0 aliphatic carbocycles. The summed E-state index contributed by atoms with van der Waals surface area (Å²) < 4.78 is 4.79. The zero-order valence-electron chi connectivity index (χ0n) is 12.6. The molecule has 2 heterocycles. The van der Waals surface area contributed by atoms with Crippen molar-refractivity contribution >= 4 is 33.9 Å². The van der Waals surface area contributed by atoms with Gasteiger partial charge in [-0.3, -0.25) is 4.79 Å². The Morgan fingerprint density at radius 2 is 1.86 bits per heavy atom. The third-order valence-corrected chi connectivity index (χ3v) is 5.22. The van der Waals surface area contributed by atoms with Crippen molar-refractivity contribution < 1.29 is 14.3 Å². The number of thiophene rings is 1. The second-order valence-electron chi connectivity index (χ2n) is 6.03. The number of anilines is 2. The van der Waals surface area contributed by atoms with E-state index < -0.39 is 11.9 Å². The molecule has 0 atom stereocenters. The number of amides is 1. The van der Waals surface area contributed by atoms with Crippen LogP contribution in [-0.4, -0.2) is 32.1 Å². The fourth-order valence-electron chi connectivity index (χ4n) is 2.45. The van der Waals surface area contributed by atoms with Crippen LogP contribution >= 0.6 is 11.3 Å². The van der Waals surface area contributed by atoms with Crippen molar-refractivity contribution in [2.75, 3.05) is 30.8 Å². The van der Waals surface area contributed by atoms with Crippen molar-refractivity contribution in [3.63, 3.8) is 0 Å². The van der Waals surface area contributed by atoms with E-state index >= 15 is 0 Å². The zero-order chi connectivity index (χ0) is 15.8. The Labute approximate surface area is 128 Å².